The molecule has 156 valence electrons. The molecule has 1 aromatic carbocycles. The molecule has 2 unspecified atom stereocenters. The van der Waals surface area contributed by atoms with Gasteiger partial charge in [0.25, 0.3) is 11.1 Å². The first-order valence-electron chi connectivity index (χ1n) is 8.95. The topological polar surface area (TPSA) is 105 Å². The van der Waals surface area contributed by atoms with Gasteiger partial charge in [0.1, 0.15) is 11.5 Å². The molecule has 2 saturated heterocycles. The predicted octanol–water partition coefficient (Wildman–Crippen LogP) is 1.72. The number of carbonyl (C=O) groups is 3. The molecule has 2 aliphatic heterocycles. The Morgan fingerprint density at radius 2 is 2.10 bits per heavy atom. The number of imide groups is 1. The summed E-state index contributed by atoms with van der Waals surface area (Å²) < 4.78 is 10.5. The molecule has 3 amide bonds. The zero-order valence-electron chi connectivity index (χ0n) is 16.0. The number of methoxy groups -OCH3 is 2. The summed E-state index contributed by atoms with van der Waals surface area (Å²) in [5.74, 6) is 1.64. The van der Waals surface area contributed by atoms with Gasteiger partial charge < -0.3 is 19.9 Å². The van der Waals surface area contributed by atoms with Gasteiger partial charge in [-0.2, -0.15) is 11.8 Å². The Morgan fingerprint density at radius 1 is 1.31 bits per heavy atom. The lowest BCUT2D eigenvalue weighted by Crippen LogP contribution is -2.43. The van der Waals surface area contributed by atoms with Crippen molar-refractivity contribution in [2.75, 3.05) is 32.3 Å². The first-order chi connectivity index (χ1) is 13.9. The molecule has 10 heteroatoms. The maximum Gasteiger partial charge on any atom is 0.293 e. The monoisotopic (exact) mass is 438 g/mol. The average molecular weight is 439 g/mol. The van der Waals surface area contributed by atoms with E-state index in [1.807, 2.05) is 0 Å². The molecule has 0 spiro atoms. The van der Waals surface area contributed by atoms with Crippen LogP contribution in [0.5, 0.6) is 11.5 Å². The number of aliphatic hydroxyl groups is 1. The van der Waals surface area contributed by atoms with Crippen molar-refractivity contribution >= 4 is 46.7 Å². The largest absolute Gasteiger partial charge is 0.497 e. The summed E-state index contributed by atoms with van der Waals surface area (Å²) in [5.41, 5.74) is 0.614. The molecule has 0 aromatic heterocycles. The van der Waals surface area contributed by atoms with E-state index in [1.165, 1.54) is 14.2 Å². The normalized spacial score (nSPS) is 23.0. The summed E-state index contributed by atoms with van der Waals surface area (Å²) in [4.78, 5) is 38.3. The van der Waals surface area contributed by atoms with Crippen molar-refractivity contribution in [1.82, 2.24) is 10.2 Å². The lowest BCUT2D eigenvalue weighted by molar-refractivity contribution is -0.124. The van der Waals surface area contributed by atoms with E-state index in [9.17, 15) is 19.5 Å². The molecule has 0 bridgehead atoms. The molecule has 1 aromatic rings. The second-order valence-electron chi connectivity index (χ2n) is 6.47. The summed E-state index contributed by atoms with van der Waals surface area (Å²) in [6, 6.07) is 4.88. The van der Waals surface area contributed by atoms with E-state index < -0.39 is 17.3 Å². The highest BCUT2D eigenvalue weighted by Crippen LogP contribution is 2.35. The maximum absolute atomic E-state index is 12.7. The van der Waals surface area contributed by atoms with Gasteiger partial charge in [0, 0.05) is 30.0 Å². The second kappa shape index (κ2) is 9.55. The third-order valence-electron chi connectivity index (χ3n) is 4.56. The fourth-order valence-electron chi connectivity index (χ4n) is 2.96. The number of benzene rings is 1. The Labute approximate surface area is 177 Å². The van der Waals surface area contributed by atoms with E-state index in [2.05, 4.69) is 5.32 Å². The zero-order chi connectivity index (χ0) is 21.0. The number of hydrogen-bond acceptors (Lipinski definition) is 8. The van der Waals surface area contributed by atoms with Crippen LogP contribution in [0, 0.1) is 0 Å². The molecule has 2 aliphatic rings. The first-order valence-corrected chi connectivity index (χ1v) is 10.9. The minimum Gasteiger partial charge on any atom is -0.497 e. The van der Waals surface area contributed by atoms with Crippen LogP contribution in [-0.2, 0) is 9.59 Å². The van der Waals surface area contributed by atoms with Crippen LogP contribution < -0.4 is 14.8 Å². The molecule has 2 atom stereocenters. The molecule has 0 aliphatic carbocycles. The van der Waals surface area contributed by atoms with E-state index in [4.69, 9.17) is 9.47 Å². The summed E-state index contributed by atoms with van der Waals surface area (Å²) in [6.07, 6.45) is 1.00. The minimum atomic E-state index is -0.568. The molecular formula is C19H22N2O6S2. The van der Waals surface area contributed by atoms with E-state index in [0.717, 1.165) is 16.7 Å². The fraction of sp³-hybridized carbons (Fsp3) is 0.421. The number of amides is 3. The summed E-state index contributed by atoms with van der Waals surface area (Å²) in [5, 5.41) is 12.1. The van der Waals surface area contributed by atoms with Crippen LogP contribution in [0.1, 0.15) is 12.0 Å². The number of rotatable bonds is 7. The van der Waals surface area contributed by atoms with Gasteiger partial charge in [0.15, 0.2) is 0 Å². The van der Waals surface area contributed by atoms with Gasteiger partial charge in [-0.15, -0.1) is 0 Å². The van der Waals surface area contributed by atoms with Crippen LogP contribution in [-0.4, -0.2) is 71.5 Å². The molecule has 8 nitrogen and oxygen atoms in total. The SMILES string of the molecule is COc1ccc(OC)c(C=C2SC(=O)N(CCC(=O)NC3CSCC3O)C2=O)c1. The lowest BCUT2D eigenvalue weighted by atomic mass is 10.1. The number of thioether (sulfide) groups is 2. The van der Waals surface area contributed by atoms with Crippen molar-refractivity contribution < 1.29 is 29.0 Å². The van der Waals surface area contributed by atoms with Crippen LogP contribution in [0.2, 0.25) is 0 Å². The maximum atomic E-state index is 12.7. The lowest BCUT2D eigenvalue weighted by Gasteiger charge is -2.17. The average Bonchev–Trinajstić information content (AvgIpc) is 3.22. The van der Waals surface area contributed by atoms with Gasteiger partial charge in [-0.1, -0.05) is 0 Å². The van der Waals surface area contributed by atoms with Crippen molar-refractivity contribution in [3.05, 3.63) is 28.7 Å². The third-order valence-corrected chi connectivity index (χ3v) is 6.64. The van der Waals surface area contributed by atoms with Gasteiger partial charge >= 0.3 is 0 Å². The fourth-order valence-corrected chi connectivity index (χ4v) is 4.98. The number of nitrogens with one attached hydrogen (secondary N) is 1. The van der Waals surface area contributed by atoms with Crippen LogP contribution >= 0.6 is 23.5 Å². The molecule has 2 N–H and O–H groups in total. The molecule has 2 fully saturated rings. The first kappa shape index (κ1) is 21.5. The number of hydrogen-bond donors (Lipinski definition) is 2. The van der Waals surface area contributed by atoms with Crippen molar-refractivity contribution in [2.24, 2.45) is 0 Å². The summed E-state index contributed by atoms with van der Waals surface area (Å²) in [6.45, 7) is -0.0148. The number of ether oxygens (including phenoxy) is 2. The Bertz CT molecular complexity index is 844. The van der Waals surface area contributed by atoms with Gasteiger partial charge in [0.05, 0.1) is 31.3 Å². The smallest absolute Gasteiger partial charge is 0.293 e. The highest BCUT2D eigenvalue weighted by Gasteiger charge is 2.35. The Hall–Kier alpha value is -2.17. The van der Waals surface area contributed by atoms with E-state index in [0.29, 0.717) is 28.6 Å². The van der Waals surface area contributed by atoms with Crippen LogP contribution in [0.4, 0.5) is 4.79 Å². The minimum absolute atomic E-state index is 0.0122. The van der Waals surface area contributed by atoms with Crippen molar-refractivity contribution in [2.45, 2.75) is 18.6 Å². The highest BCUT2D eigenvalue weighted by molar-refractivity contribution is 8.18. The van der Waals surface area contributed by atoms with Crippen LogP contribution in [0.25, 0.3) is 6.08 Å². The molecule has 0 saturated carbocycles. The Kier molecular flexibility index (Phi) is 7.09. The zero-order valence-corrected chi connectivity index (χ0v) is 17.7. The molecule has 3 rings (SSSR count). The van der Waals surface area contributed by atoms with Crippen molar-refractivity contribution in [3.63, 3.8) is 0 Å². The number of carbonyl (C=O) groups excluding carboxylic acids is 3. The number of nitrogens with zero attached hydrogens (tertiary/aromatic N) is 1. The molecular weight excluding hydrogens is 416 g/mol. The predicted molar refractivity (Wildman–Crippen MR) is 112 cm³/mol. The van der Waals surface area contributed by atoms with Crippen LogP contribution in [0.15, 0.2) is 23.1 Å². The van der Waals surface area contributed by atoms with Crippen molar-refractivity contribution in [3.8, 4) is 11.5 Å². The second-order valence-corrected chi connectivity index (χ2v) is 8.54. The standard InChI is InChI=1S/C19H22N2O6S2/c1-26-12-3-4-15(27-2)11(7-12)8-16-18(24)21(19(25)29-16)6-5-17(23)20-13-9-28-10-14(13)22/h3-4,7-8,13-14,22H,5-6,9-10H2,1-2H3,(H,20,23). The third kappa shape index (κ3) is 5.06. The molecule has 2 heterocycles. The van der Waals surface area contributed by atoms with E-state index >= 15 is 0 Å². The highest BCUT2D eigenvalue weighted by atomic mass is 32.2. The van der Waals surface area contributed by atoms with Crippen molar-refractivity contribution in [1.29, 1.82) is 0 Å². The van der Waals surface area contributed by atoms with E-state index in [1.54, 1.807) is 36.0 Å². The summed E-state index contributed by atoms with van der Waals surface area (Å²) >= 11 is 2.39. The number of aliphatic hydroxyl groups excluding tert-OH is 1. The Balaban J connectivity index is 1.65. The van der Waals surface area contributed by atoms with Gasteiger partial charge in [-0.25, -0.2) is 0 Å². The van der Waals surface area contributed by atoms with E-state index in [-0.39, 0.29) is 29.8 Å². The van der Waals surface area contributed by atoms with Gasteiger partial charge in [0.2, 0.25) is 5.91 Å². The van der Waals surface area contributed by atoms with Gasteiger partial charge in [-0.3, -0.25) is 19.3 Å². The van der Waals surface area contributed by atoms with Gasteiger partial charge in [-0.05, 0) is 36.0 Å². The Morgan fingerprint density at radius 3 is 2.76 bits per heavy atom. The quantitative estimate of drug-likeness (QED) is 0.620. The van der Waals surface area contributed by atoms with Crippen LogP contribution in [0.3, 0.4) is 0 Å². The summed E-state index contributed by atoms with van der Waals surface area (Å²) in [7, 11) is 3.05. The molecule has 0 radical (unpaired) electrons. The molecule has 29 heavy (non-hydrogen) atoms.